The monoisotopic (exact) mass is 219 g/mol. The van der Waals surface area contributed by atoms with Crippen molar-refractivity contribution in [1.82, 2.24) is 0 Å². The number of unbranched alkanes of at least 4 members (excludes halogenated alkanes) is 5. The van der Waals surface area contributed by atoms with Gasteiger partial charge in [0.05, 0.1) is 0 Å². The third-order valence-electron chi connectivity index (χ3n) is 3.17. The highest BCUT2D eigenvalue weighted by atomic mass is 14.5. The molecule has 0 saturated heterocycles. The van der Waals surface area contributed by atoms with Gasteiger partial charge >= 0.3 is 0 Å². The molecule has 1 heteroatoms. The zero-order valence-electron chi connectivity index (χ0n) is 10.8. The summed E-state index contributed by atoms with van der Waals surface area (Å²) in [6.45, 7) is 4.42. The fourth-order valence-electron chi connectivity index (χ4n) is 2.10. The van der Waals surface area contributed by atoms with Crippen molar-refractivity contribution in [2.45, 2.75) is 58.8 Å². The molecule has 90 valence electrons. The number of nitrogen functional groups attached to an aromatic ring is 1. The molecule has 0 fully saturated rings. The zero-order chi connectivity index (χ0) is 11.8. The van der Waals surface area contributed by atoms with Gasteiger partial charge in [0.15, 0.2) is 0 Å². The molecule has 0 amide bonds. The summed E-state index contributed by atoms with van der Waals surface area (Å²) in [5.74, 6) is 0. The zero-order valence-corrected chi connectivity index (χ0v) is 10.8. The molecule has 0 aliphatic rings. The van der Waals surface area contributed by atoms with Gasteiger partial charge in [0.2, 0.25) is 0 Å². The minimum atomic E-state index is 0.879. The maximum atomic E-state index is 5.74. The summed E-state index contributed by atoms with van der Waals surface area (Å²) in [6.07, 6.45) is 9.40. The van der Waals surface area contributed by atoms with Crippen molar-refractivity contribution >= 4 is 5.69 Å². The molecule has 1 rings (SSSR count). The molecule has 0 atom stereocenters. The molecule has 1 nitrogen and oxygen atoms in total. The van der Waals surface area contributed by atoms with Crippen LogP contribution in [0.4, 0.5) is 5.69 Å². The molecule has 1 aromatic carbocycles. The van der Waals surface area contributed by atoms with Crippen LogP contribution >= 0.6 is 0 Å². The summed E-state index contributed by atoms with van der Waals surface area (Å²) in [5, 5.41) is 0. The molecule has 0 aromatic heterocycles. The van der Waals surface area contributed by atoms with E-state index in [0.29, 0.717) is 0 Å². The van der Waals surface area contributed by atoms with E-state index in [-0.39, 0.29) is 0 Å². The molecule has 0 unspecified atom stereocenters. The number of nitrogens with two attached hydrogens (primary N) is 1. The number of anilines is 1. The number of hydrogen-bond acceptors (Lipinski definition) is 1. The van der Waals surface area contributed by atoms with Crippen LogP contribution in [0.25, 0.3) is 0 Å². The van der Waals surface area contributed by atoms with E-state index < -0.39 is 0 Å². The smallest absolute Gasteiger partial charge is 0.0316 e. The highest BCUT2D eigenvalue weighted by Gasteiger charge is 1.98. The highest BCUT2D eigenvalue weighted by molar-refractivity contribution is 5.44. The van der Waals surface area contributed by atoms with Crippen molar-refractivity contribution in [2.75, 3.05) is 5.73 Å². The lowest BCUT2D eigenvalue weighted by Gasteiger charge is -2.06. The average Bonchev–Trinajstić information content (AvgIpc) is 2.26. The van der Waals surface area contributed by atoms with Gasteiger partial charge in [0, 0.05) is 5.69 Å². The van der Waals surface area contributed by atoms with Crippen molar-refractivity contribution < 1.29 is 0 Å². The molecular weight excluding hydrogens is 194 g/mol. The van der Waals surface area contributed by atoms with Crippen LogP contribution in [0.1, 0.15) is 56.6 Å². The van der Waals surface area contributed by atoms with Crippen LogP contribution in [-0.2, 0) is 6.42 Å². The minimum Gasteiger partial charge on any atom is -0.399 e. The maximum absolute atomic E-state index is 5.74. The summed E-state index contributed by atoms with van der Waals surface area (Å²) in [7, 11) is 0. The van der Waals surface area contributed by atoms with Crippen molar-refractivity contribution in [3.63, 3.8) is 0 Å². The van der Waals surface area contributed by atoms with E-state index in [2.05, 4.69) is 26.0 Å². The van der Waals surface area contributed by atoms with Crippen LogP contribution in [0.5, 0.6) is 0 Å². The van der Waals surface area contributed by atoms with Crippen molar-refractivity contribution in [1.29, 1.82) is 0 Å². The molecule has 2 N–H and O–H groups in total. The lowest BCUT2D eigenvalue weighted by molar-refractivity contribution is 0.607. The van der Waals surface area contributed by atoms with Gasteiger partial charge in [-0.25, -0.2) is 0 Å². The molecule has 0 aliphatic heterocycles. The van der Waals surface area contributed by atoms with E-state index in [1.807, 2.05) is 6.07 Å². The van der Waals surface area contributed by atoms with Gasteiger partial charge in [0.1, 0.15) is 0 Å². The topological polar surface area (TPSA) is 26.0 Å². The Morgan fingerprint density at radius 3 is 2.38 bits per heavy atom. The quantitative estimate of drug-likeness (QED) is 0.531. The lowest BCUT2D eigenvalue weighted by Crippen LogP contribution is -1.93. The molecule has 0 radical (unpaired) electrons. The molecule has 0 saturated carbocycles. The van der Waals surface area contributed by atoms with Crippen LogP contribution < -0.4 is 5.73 Å². The van der Waals surface area contributed by atoms with E-state index in [4.69, 9.17) is 5.73 Å². The second-order valence-corrected chi connectivity index (χ2v) is 4.70. The van der Waals surface area contributed by atoms with Gasteiger partial charge < -0.3 is 5.73 Å². The first kappa shape index (κ1) is 13.1. The van der Waals surface area contributed by atoms with Crippen LogP contribution in [0, 0.1) is 6.92 Å². The Morgan fingerprint density at radius 1 is 1.00 bits per heavy atom. The first-order chi connectivity index (χ1) is 7.74. The highest BCUT2D eigenvalue weighted by Crippen LogP contribution is 2.16. The third kappa shape index (κ3) is 4.69. The predicted octanol–water partition coefficient (Wildman–Crippen LogP) is 4.48. The molecule has 0 spiro atoms. The molecule has 1 aromatic rings. The van der Waals surface area contributed by atoms with Crippen molar-refractivity contribution in [3.05, 3.63) is 29.3 Å². The van der Waals surface area contributed by atoms with Crippen molar-refractivity contribution in [3.8, 4) is 0 Å². The van der Waals surface area contributed by atoms with Gasteiger partial charge in [-0.2, -0.15) is 0 Å². The SMILES string of the molecule is CCCCCCCCc1ccc(N)cc1C. The molecule has 0 bridgehead atoms. The predicted molar refractivity (Wildman–Crippen MR) is 72.7 cm³/mol. The Bertz CT molecular complexity index is 304. The summed E-state index contributed by atoms with van der Waals surface area (Å²) in [4.78, 5) is 0. The van der Waals surface area contributed by atoms with Crippen LogP contribution in [-0.4, -0.2) is 0 Å². The van der Waals surface area contributed by atoms with E-state index in [1.165, 1.54) is 56.1 Å². The van der Waals surface area contributed by atoms with E-state index in [0.717, 1.165) is 5.69 Å². The number of hydrogen-bond donors (Lipinski definition) is 1. The maximum Gasteiger partial charge on any atom is 0.0316 e. The Morgan fingerprint density at radius 2 is 1.69 bits per heavy atom. The fourth-order valence-corrected chi connectivity index (χ4v) is 2.10. The first-order valence-electron chi connectivity index (χ1n) is 6.59. The van der Waals surface area contributed by atoms with E-state index in [9.17, 15) is 0 Å². The molecule has 16 heavy (non-hydrogen) atoms. The van der Waals surface area contributed by atoms with Crippen LogP contribution in [0.15, 0.2) is 18.2 Å². The van der Waals surface area contributed by atoms with Crippen LogP contribution in [0.2, 0.25) is 0 Å². The normalized spacial score (nSPS) is 10.6. The molecular formula is C15H25N. The largest absolute Gasteiger partial charge is 0.399 e. The Balaban J connectivity index is 2.21. The number of rotatable bonds is 7. The van der Waals surface area contributed by atoms with Gasteiger partial charge in [-0.15, -0.1) is 0 Å². The molecule has 0 heterocycles. The van der Waals surface area contributed by atoms with E-state index >= 15 is 0 Å². The minimum absolute atomic E-state index is 0.879. The number of aryl methyl sites for hydroxylation is 2. The number of benzene rings is 1. The first-order valence-corrected chi connectivity index (χ1v) is 6.59. The van der Waals surface area contributed by atoms with Crippen molar-refractivity contribution in [2.24, 2.45) is 0 Å². The summed E-state index contributed by atoms with van der Waals surface area (Å²) >= 11 is 0. The average molecular weight is 219 g/mol. The Kier molecular flexibility index (Phi) is 5.99. The Hall–Kier alpha value is -0.980. The summed E-state index contributed by atoms with van der Waals surface area (Å²) in [5.41, 5.74) is 9.42. The standard InChI is InChI=1S/C15H25N/c1-3-4-5-6-7-8-9-14-10-11-15(16)12-13(14)2/h10-12H,3-9,16H2,1-2H3. The second kappa shape index (κ2) is 7.32. The van der Waals surface area contributed by atoms with Gasteiger partial charge in [-0.3, -0.25) is 0 Å². The van der Waals surface area contributed by atoms with Gasteiger partial charge in [-0.1, -0.05) is 45.1 Å². The van der Waals surface area contributed by atoms with Gasteiger partial charge in [0.25, 0.3) is 0 Å². The Labute approximate surface area is 100 Å². The second-order valence-electron chi connectivity index (χ2n) is 4.70. The van der Waals surface area contributed by atoms with Crippen LogP contribution in [0.3, 0.4) is 0 Å². The third-order valence-corrected chi connectivity index (χ3v) is 3.17. The molecule has 0 aliphatic carbocycles. The summed E-state index contributed by atoms with van der Waals surface area (Å²) < 4.78 is 0. The lowest BCUT2D eigenvalue weighted by atomic mass is 10.0. The van der Waals surface area contributed by atoms with E-state index in [1.54, 1.807) is 0 Å². The van der Waals surface area contributed by atoms with Gasteiger partial charge in [-0.05, 0) is 43.0 Å². The summed E-state index contributed by atoms with van der Waals surface area (Å²) in [6, 6.07) is 6.27. The fraction of sp³-hybridized carbons (Fsp3) is 0.600.